The molecular weight excluding hydrogens is 266 g/mol. The van der Waals surface area contributed by atoms with Gasteiger partial charge in [0.2, 0.25) is 0 Å². The highest BCUT2D eigenvalue weighted by molar-refractivity contribution is 5.70. The van der Waals surface area contributed by atoms with Crippen molar-refractivity contribution in [2.75, 3.05) is 0 Å². The standard InChI is InChI=1S/C17H19NO3/c1-17(2,20)14-10-8-13(9-11-14)12-18-16(19)21-15-6-4-3-5-7-15/h3-11,20H,12H2,1-2H3,(H,18,19). The number of amides is 1. The van der Waals surface area contributed by atoms with Crippen LogP contribution in [-0.2, 0) is 12.1 Å². The number of carbonyl (C=O) groups is 1. The molecule has 0 aliphatic rings. The summed E-state index contributed by atoms with van der Waals surface area (Å²) in [4.78, 5) is 11.6. The van der Waals surface area contributed by atoms with Crippen LogP contribution in [0.4, 0.5) is 4.79 Å². The summed E-state index contributed by atoms with van der Waals surface area (Å²) in [5, 5.41) is 12.6. The van der Waals surface area contributed by atoms with Gasteiger partial charge in [-0.1, -0.05) is 42.5 Å². The van der Waals surface area contributed by atoms with Gasteiger partial charge in [0.25, 0.3) is 0 Å². The number of rotatable bonds is 4. The van der Waals surface area contributed by atoms with Crippen LogP contribution in [0.3, 0.4) is 0 Å². The summed E-state index contributed by atoms with van der Waals surface area (Å²) in [6.45, 7) is 3.84. The van der Waals surface area contributed by atoms with E-state index in [1.54, 1.807) is 38.1 Å². The van der Waals surface area contributed by atoms with Crippen LogP contribution in [0.15, 0.2) is 54.6 Å². The van der Waals surface area contributed by atoms with Crippen LogP contribution in [0, 0.1) is 0 Å². The van der Waals surface area contributed by atoms with Crippen LogP contribution in [0.25, 0.3) is 0 Å². The van der Waals surface area contributed by atoms with E-state index in [0.29, 0.717) is 12.3 Å². The second-order valence-corrected chi connectivity index (χ2v) is 5.31. The number of hydrogen-bond acceptors (Lipinski definition) is 3. The molecule has 0 aliphatic heterocycles. The Morgan fingerprint density at radius 1 is 1.10 bits per heavy atom. The minimum Gasteiger partial charge on any atom is -0.410 e. The molecule has 0 aliphatic carbocycles. The van der Waals surface area contributed by atoms with E-state index < -0.39 is 11.7 Å². The smallest absolute Gasteiger partial charge is 0.410 e. The van der Waals surface area contributed by atoms with Crippen LogP contribution in [0.2, 0.25) is 0 Å². The van der Waals surface area contributed by atoms with Gasteiger partial charge in [-0.25, -0.2) is 4.79 Å². The second-order valence-electron chi connectivity index (χ2n) is 5.31. The Balaban J connectivity index is 1.87. The Kier molecular flexibility index (Phi) is 4.60. The van der Waals surface area contributed by atoms with Crippen LogP contribution in [0.5, 0.6) is 5.75 Å². The van der Waals surface area contributed by atoms with Crippen molar-refractivity contribution in [3.05, 3.63) is 65.7 Å². The molecule has 2 rings (SSSR count). The van der Waals surface area contributed by atoms with Gasteiger partial charge in [0.1, 0.15) is 5.75 Å². The van der Waals surface area contributed by atoms with Crippen molar-refractivity contribution in [1.29, 1.82) is 0 Å². The first-order valence-electron chi connectivity index (χ1n) is 6.78. The summed E-state index contributed by atoms with van der Waals surface area (Å²) in [5.41, 5.74) is 0.907. The van der Waals surface area contributed by atoms with E-state index in [-0.39, 0.29) is 0 Å². The maximum atomic E-state index is 11.6. The Labute approximate surface area is 124 Å². The molecule has 0 saturated heterocycles. The second kappa shape index (κ2) is 6.41. The van der Waals surface area contributed by atoms with Crippen LogP contribution in [0.1, 0.15) is 25.0 Å². The predicted octanol–water partition coefficient (Wildman–Crippen LogP) is 3.20. The number of aliphatic hydroxyl groups is 1. The fourth-order valence-corrected chi connectivity index (χ4v) is 1.84. The van der Waals surface area contributed by atoms with Gasteiger partial charge in [-0.2, -0.15) is 0 Å². The minimum atomic E-state index is -0.863. The van der Waals surface area contributed by atoms with Gasteiger partial charge >= 0.3 is 6.09 Å². The topological polar surface area (TPSA) is 58.6 Å². The molecule has 21 heavy (non-hydrogen) atoms. The Bertz CT molecular complexity index is 586. The van der Waals surface area contributed by atoms with Gasteiger partial charge in [0, 0.05) is 6.54 Å². The number of benzene rings is 2. The van der Waals surface area contributed by atoms with Crippen molar-refractivity contribution in [3.63, 3.8) is 0 Å². The van der Waals surface area contributed by atoms with Crippen molar-refractivity contribution in [3.8, 4) is 5.75 Å². The first-order chi connectivity index (χ1) is 9.95. The van der Waals surface area contributed by atoms with Gasteiger partial charge < -0.3 is 15.2 Å². The van der Waals surface area contributed by atoms with Crippen LogP contribution < -0.4 is 10.1 Å². The maximum Gasteiger partial charge on any atom is 0.412 e. The van der Waals surface area contributed by atoms with Gasteiger partial charge in [0.05, 0.1) is 5.60 Å². The molecule has 4 heteroatoms. The molecule has 0 fully saturated rings. The third-order valence-electron chi connectivity index (χ3n) is 3.05. The highest BCUT2D eigenvalue weighted by Crippen LogP contribution is 2.19. The first kappa shape index (κ1) is 15.1. The summed E-state index contributed by atoms with van der Waals surface area (Å²) in [6, 6.07) is 16.3. The molecule has 0 saturated carbocycles. The van der Waals surface area contributed by atoms with Crippen LogP contribution >= 0.6 is 0 Å². The molecule has 2 N–H and O–H groups in total. The zero-order valence-electron chi connectivity index (χ0n) is 12.2. The third-order valence-corrected chi connectivity index (χ3v) is 3.05. The molecule has 2 aromatic carbocycles. The zero-order valence-corrected chi connectivity index (χ0v) is 12.2. The zero-order chi connectivity index (χ0) is 15.3. The van der Waals surface area contributed by atoms with E-state index in [4.69, 9.17) is 4.74 Å². The lowest BCUT2D eigenvalue weighted by molar-refractivity contribution is 0.0786. The third kappa shape index (κ3) is 4.61. The molecule has 0 radical (unpaired) electrons. The summed E-state index contributed by atoms with van der Waals surface area (Å²) >= 11 is 0. The molecule has 1 amide bonds. The van der Waals surface area contributed by atoms with Crippen molar-refractivity contribution in [2.45, 2.75) is 26.0 Å². The highest BCUT2D eigenvalue weighted by atomic mass is 16.6. The van der Waals surface area contributed by atoms with Gasteiger partial charge in [-0.3, -0.25) is 0 Å². The summed E-state index contributed by atoms with van der Waals surface area (Å²) in [7, 11) is 0. The largest absolute Gasteiger partial charge is 0.412 e. The summed E-state index contributed by atoms with van der Waals surface area (Å²) in [6.07, 6.45) is -0.493. The minimum absolute atomic E-state index is 0.373. The summed E-state index contributed by atoms with van der Waals surface area (Å²) in [5.74, 6) is 0.507. The fraction of sp³-hybridized carbons (Fsp3) is 0.235. The average Bonchev–Trinajstić information content (AvgIpc) is 2.46. The molecule has 4 nitrogen and oxygen atoms in total. The first-order valence-corrected chi connectivity index (χ1v) is 6.78. The average molecular weight is 285 g/mol. The molecule has 110 valence electrons. The molecule has 2 aromatic rings. The van der Waals surface area contributed by atoms with E-state index in [2.05, 4.69) is 5.32 Å². The fourth-order valence-electron chi connectivity index (χ4n) is 1.84. The van der Waals surface area contributed by atoms with Gasteiger partial charge in [-0.05, 0) is 37.1 Å². The van der Waals surface area contributed by atoms with E-state index in [1.165, 1.54) is 0 Å². The monoisotopic (exact) mass is 285 g/mol. The van der Waals surface area contributed by atoms with Crippen LogP contribution in [-0.4, -0.2) is 11.2 Å². The Morgan fingerprint density at radius 2 is 1.71 bits per heavy atom. The van der Waals surface area contributed by atoms with E-state index in [0.717, 1.165) is 11.1 Å². The number of para-hydroxylation sites is 1. The number of carbonyl (C=O) groups excluding carboxylic acids is 1. The normalized spacial score (nSPS) is 11.0. The lowest BCUT2D eigenvalue weighted by Crippen LogP contribution is -2.26. The lowest BCUT2D eigenvalue weighted by Gasteiger charge is -2.17. The van der Waals surface area contributed by atoms with Gasteiger partial charge in [0.15, 0.2) is 0 Å². The Morgan fingerprint density at radius 3 is 2.29 bits per heavy atom. The molecule has 0 bridgehead atoms. The predicted molar refractivity (Wildman–Crippen MR) is 81.0 cm³/mol. The van der Waals surface area contributed by atoms with Crippen molar-refractivity contribution in [2.24, 2.45) is 0 Å². The van der Waals surface area contributed by atoms with Crippen molar-refractivity contribution >= 4 is 6.09 Å². The molecule has 0 atom stereocenters. The number of ether oxygens (including phenoxy) is 1. The lowest BCUT2D eigenvalue weighted by atomic mass is 9.97. The van der Waals surface area contributed by atoms with Crippen molar-refractivity contribution in [1.82, 2.24) is 5.32 Å². The van der Waals surface area contributed by atoms with Gasteiger partial charge in [-0.15, -0.1) is 0 Å². The number of nitrogens with one attached hydrogen (secondary N) is 1. The quantitative estimate of drug-likeness (QED) is 0.907. The highest BCUT2D eigenvalue weighted by Gasteiger charge is 2.15. The Hall–Kier alpha value is -2.33. The number of hydrogen-bond donors (Lipinski definition) is 2. The van der Waals surface area contributed by atoms with E-state index in [1.807, 2.05) is 30.3 Å². The molecule has 0 spiro atoms. The van der Waals surface area contributed by atoms with E-state index >= 15 is 0 Å². The van der Waals surface area contributed by atoms with Crippen molar-refractivity contribution < 1.29 is 14.6 Å². The maximum absolute atomic E-state index is 11.6. The molecule has 0 aromatic heterocycles. The molecule has 0 heterocycles. The molecular formula is C17H19NO3. The summed E-state index contributed by atoms with van der Waals surface area (Å²) < 4.78 is 5.12. The SMILES string of the molecule is CC(C)(O)c1ccc(CNC(=O)Oc2ccccc2)cc1. The molecule has 0 unspecified atom stereocenters. The van der Waals surface area contributed by atoms with E-state index in [9.17, 15) is 9.90 Å².